The van der Waals surface area contributed by atoms with Crippen molar-refractivity contribution in [3.63, 3.8) is 0 Å². The Labute approximate surface area is 283 Å². The lowest BCUT2D eigenvalue weighted by Crippen LogP contribution is -2.58. The number of benzene rings is 1. The highest BCUT2D eigenvalue weighted by atomic mass is 32.1. The van der Waals surface area contributed by atoms with Gasteiger partial charge in [0.1, 0.15) is 24.2 Å². The third-order valence-corrected chi connectivity index (χ3v) is 7.38. The number of hydrogen-bond acceptors (Lipinski definition) is 9. The highest BCUT2D eigenvalue weighted by Gasteiger charge is 2.33. The fourth-order valence-electron chi connectivity index (χ4n) is 4.73. The molecule has 1 heterocycles. The molecular formula is C30H45N9O8S. The van der Waals surface area contributed by atoms with Crippen LogP contribution in [0.1, 0.15) is 50.5 Å². The zero-order valence-electron chi connectivity index (χ0n) is 26.5. The molecule has 1 aromatic rings. The Balaban J connectivity index is 2.41. The molecule has 0 radical (unpaired) electrons. The third kappa shape index (κ3) is 15.1. The van der Waals surface area contributed by atoms with Gasteiger partial charge in [-0.3, -0.25) is 38.6 Å². The van der Waals surface area contributed by atoms with Crippen LogP contribution in [-0.4, -0.2) is 102 Å². The first-order valence-corrected chi connectivity index (χ1v) is 16.2. The monoisotopic (exact) mass is 691 g/mol. The molecule has 17 nitrogen and oxygen atoms in total. The van der Waals surface area contributed by atoms with E-state index in [4.69, 9.17) is 11.5 Å². The van der Waals surface area contributed by atoms with Gasteiger partial charge in [0.15, 0.2) is 5.96 Å². The number of nitrogens with one attached hydrogen (secondary N) is 6. The van der Waals surface area contributed by atoms with E-state index in [-0.39, 0.29) is 50.5 Å². The van der Waals surface area contributed by atoms with Crippen LogP contribution < -0.4 is 43.4 Å². The number of aliphatic carboxylic acids is 1. The van der Waals surface area contributed by atoms with Gasteiger partial charge in [-0.25, -0.2) is 0 Å². The number of aliphatic imine (C=N–C) groups is 1. The van der Waals surface area contributed by atoms with Gasteiger partial charge < -0.3 is 48.5 Å². The fraction of sp³-hybridized carbons (Fsp3) is 0.533. The van der Waals surface area contributed by atoms with Crippen molar-refractivity contribution < 1.29 is 38.7 Å². The van der Waals surface area contributed by atoms with Gasteiger partial charge >= 0.3 is 5.97 Å². The van der Waals surface area contributed by atoms with Gasteiger partial charge in [-0.2, -0.15) is 12.6 Å². The molecule has 1 aliphatic rings. The number of carboxylic acid groups (broad SMARTS) is 1. The van der Waals surface area contributed by atoms with Crippen molar-refractivity contribution in [2.24, 2.45) is 16.5 Å². The number of carboxylic acids is 1. The smallest absolute Gasteiger partial charge is 0.305 e. The molecule has 48 heavy (non-hydrogen) atoms. The summed E-state index contributed by atoms with van der Waals surface area (Å²) in [5.41, 5.74) is 11.4. The largest absolute Gasteiger partial charge is 0.481 e. The van der Waals surface area contributed by atoms with Crippen LogP contribution in [0.5, 0.6) is 0 Å². The van der Waals surface area contributed by atoms with Gasteiger partial charge in [0.25, 0.3) is 0 Å². The Morgan fingerprint density at radius 3 is 2.08 bits per heavy atom. The predicted molar refractivity (Wildman–Crippen MR) is 178 cm³/mol. The number of hydrogen-bond donors (Lipinski definition) is 10. The van der Waals surface area contributed by atoms with Gasteiger partial charge in [0.2, 0.25) is 35.4 Å². The minimum absolute atomic E-state index is 0.0227. The molecule has 1 saturated heterocycles. The standard InChI is InChI=1S/C30H45N9O8S/c31-30(32)34-13-6-10-19-26(44)35-17-24(41)36-22(16-25(42)43)29(47)39-21(15-18-7-2-1-3-8-18)28(46)38-20(27(45)37-19)9-4-5-12-33-23(40)11-14-48/h1-3,7-8,19-22,48H,4-6,9-17H2,(H,33,40)(H,35,44)(H,36,41)(H,37,45)(H,38,46)(H,39,47)(H,42,43)(H4,31,32,34)/t19-,20-,21+,22-/m0/s1. The molecule has 18 heteroatoms. The highest BCUT2D eigenvalue weighted by molar-refractivity contribution is 7.80. The number of guanidine groups is 1. The second kappa shape index (κ2) is 21.1. The van der Waals surface area contributed by atoms with E-state index >= 15 is 0 Å². The lowest BCUT2D eigenvalue weighted by Gasteiger charge is -2.26. The molecule has 1 fully saturated rings. The number of carbonyl (C=O) groups is 7. The van der Waals surface area contributed by atoms with Crippen molar-refractivity contribution in [1.82, 2.24) is 31.9 Å². The SMILES string of the molecule is NC(N)=NCCC[C@@H]1NC(=O)[C@H](CCCCNC(=O)CCS)NC(=O)[C@@H](Cc2ccccc2)NC(=O)[C@H](CC(=O)O)NC(=O)CNC1=O. The molecule has 0 saturated carbocycles. The van der Waals surface area contributed by atoms with Crippen LogP contribution in [0.4, 0.5) is 0 Å². The topological polar surface area (TPSA) is 276 Å². The molecule has 4 atom stereocenters. The molecule has 0 aliphatic carbocycles. The fourth-order valence-corrected chi connectivity index (χ4v) is 4.93. The van der Waals surface area contributed by atoms with Crippen molar-refractivity contribution >= 4 is 60.0 Å². The Bertz CT molecular complexity index is 1310. The number of carbonyl (C=O) groups excluding carboxylic acids is 6. The van der Waals surface area contributed by atoms with Crippen molar-refractivity contribution in [3.8, 4) is 0 Å². The molecule has 1 aliphatic heterocycles. The van der Waals surface area contributed by atoms with Crippen LogP contribution in [0, 0.1) is 0 Å². The quantitative estimate of drug-likeness (QED) is 0.0397. The van der Waals surface area contributed by atoms with Gasteiger partial charge in [-0.1, -0.05) is 30.3 Å². The van der Waals surface area contributed by atoms with Gasteiger partial charge in [0, 0.05) is 25.9 Å². The Morgan fingerprint density at radius 1 is 0.833 bits per heavy atom. The minimum atomic E-state index is -1.58. The minimum Gasteiger partial charge on any atom is -0.481 e. The third-order valence-electron chi connectivity index (χ3n) is 7.16. The maximum absolute atomic E-state index is 13.7. The molecule has 6 amide bonds. The molecule has 0 aromatic heterocycles. The second-order valence-electron chi connectivity index (χ2n) is 11.1. The average molecular weight is 692 g/mol. The second-order valence-corrected chi connectivity index (χ2v) is 11.5. The summed E-state index contributed by atoms with van der Waals surface area (Å²) in [5.74, 6) is -5.33. The molecule has 1 aromatic carbocycles. The number of unbranched alkanes of at least 4 members (excludes halogenated alkanes) is 1. The maximum Gasteiger partial charge on any atom is 0.305 e. The normalized spacial score (nSPS) is 20.8. The summed E-state index contributed by atoms with van der Waals surface area (Å²) in [7, 11) is 0. The zero-order valence-corrected chi connectivity index (χ0v) is 27.4. The summed E-state index contributed by atoms with van der Waals surface area (Å²) in [4.78, 5) is 93.7. The summed E-state index contributed by atoms with van der Waals surface area (Å²) < 4.78 is 0. The highest BCUT2D eigenvalue weighted by Crippen LogP contribution is 2.09. The molecular weight excluding hydrogens is 646 g/mol. The molecule has 0 spiro atoms. The van der Waals surface area contributed by atoms with Crippen molar-refractivity contribution in [1.29, 1.82) is 0 Å². The molecule has 0 bridgehead atoms. The van der Waals surface area contributed by atoms with Crippen LogP contribution >= 0.6 is 12.6 Å². The lowest BCUT2D eigenvalue weighted by molar-refractivity contribution is -0.141. The van der Waals surface area contributed by atoms with E-state index < -0.39 is 72.6 Å². The summed E-state index contributed by atoms with van der Waals surface area (Å²) in [5, 5.41) is 24.7. The first kappa shape index (κ1) is 39.3. The van der Waals surface area contributed by atoms with Gasteiger partial charge in [-0.15, -0.1) is 0 Å². The first-order valence-electron chi connectivity index (χ1n) is 15.6. The van der Waals surface area contributed by atoms with Crippen LogP contribution in [0.25, 0.3) is 0 Å². The maximum atomic E-state index is 13.7. The summed E-state index contributed by atoms with van der Waals surface area (Å²) >= 11 is 4.03. The molecule has 11 N–H and O–H groups in total. The van der Waals surface area contributed by atoms with Gasteiger partial charge in [0.05, 0.1) is 13.0 Å². The summed E-state index contributed by atoms with van der Waals surface area (Å²) in [6.07, 6.45) is 0.716. The van der Waals surface area contributed by atoms with E-state index in [9.17, 15) is 38.7 Å². The molecule has 264 valence electrons. The Morgan fingerprint density at radius 2 is 1.44 bits per heavy atom. The van der Waals surface area contributed by atoms with Crippen LogP contribution in [0.15, 0.2) is 35.3 Å². The van der Waals surface area contributed by atoms with Crippen molar-refractivity contribution in [2.45, 2.75) is 75.5 Å². The number of nitrogens with zero attached hydrogens (tertiary/aromatic N) is 1. The number of amides is 6. The molecule has 0 unspecified atom stereocenters. The van der Waals surface area contributed by atoms with E-state index in [0.717, 1.165) is 0 Å². The van der Waals surface area contributed by atoms with Crippen LogP contribution in [0.2, 0.25) is 0 Å². The summed E-state index contributed by atoms with van der Waals surface area (Å²) in [6, 6.07) is 3.49. The Kier molecular flexibility index (Phi) is 17.3. The first-order chi connectivity index (χ1) is 22.9. The van der Waals surface area contributed by atoms with Crippen molar-refractivity contribution in [3.05, 3.63) is 35.9 Å². The zero-order chi connectivity index (χ0) is 35.5. The number of thiol groups is 1. The van der Waals surface area contributed by atoms with E-state index in [1.165, 1.54) is 0 Å². The van der Waals surface area contributed by atoms with E-state index in [0.29, 0.717) is 30.7 Å². The van der Waals surface area contributed by atoms with E-state index in [1.807, 2.05) is 0 Å². The number of rotatable bonds is 15. The van der Waals surface area contributed by atoms with E-state index in [1.54, 1.807) is 30.3 Å². The lowest BCUT2D eigenvalue weighted by atomic mass is 10.0. The Hall–Kier alpha value is -4.87. The van der Waals surface area contributed by atoms with Crippen LogP contribution in [0.3, 0.4) is 0 Å². The van der Waals surface area contributed by atoms with Crippen molar-refractivity contribution in [2.75, 3.05) is 25.4 Å². The van der Waals surface area contributed by atoms with E-state index in [2.05, 4.69) is 49.5 Å². The number of nitrogens with two attached hydrogens (primary N) is 2. The predicted octanol–water partition coefficient (Wildman–Crippen LogP) is -2.57. The average Bonchev–Trinajstić information content (AvgIpc) is 3.03. The van der Waals surface area contributed by atoms with Crippen LogP contribution in [-0.2, 0) is 40.0 Å². The van der Waals surface area contributed by atoms with Gasteiger partial charge in [-0.05, 0) is 43.4 Å². The summed E-state index contributed by atoms with van der Waals surface area (Å²) in [6.45, 7) is -0.160. The molecule has 2 rings (SSSR count).